The molecule has 5 heteroatoms. The number of aryl methyl sites for hydroxylation is 1. The lowest BCUT2D eigenvalue weighted by Gasteiger charge is -2.21. The fraction of sp³-hybridized carbons (Fsp3) is 0.312. The SMILES string of the molecule is CCCNC(c1ccc(C)nc1)c1c(F)cc(Br)cc1F. The summed E-state index contributed by atoms with van der Waals surface area (Å²) in [6.45, 7) is 4.54. The minimum Gasteiger partial charge on any atom is -0.306 e. The van der Waals surface area contributed by atoms with Crippen molar-refractivity contribution in [1.29, 1.82) is 0 Å². The maximum absolute atomic E-state index is 14.2. The Morgan fingerprint density at radius 1 is 1.24 bits per heavy atom. The Morgan fingerprint density at radius 3 is 2.43 bits per heavy atom. The summed E-state index contributed by atoms with van der Waals surface area (Å²) in [5, 5.41) is 3.19. The van der Waals surface area contributed by atoms with Crippen LogP contribution in [0.15, 0.2) is 34.9 Å². The molecule has 112 valence electrons. The van der Waals surface area contributed by atoms with Gasteiger partial charge in [0, 0.05) is 21.9 Å². The third-order valence-corrected chi connectivity index (χ3v) is 3.66. The van der Waals surface area contributed by atoms with Gasteiger partial charge in [-0.25, -0.2) is 8.78 Å². The number of hydrogen-bond donors (Lipinski definition) is 1. The first-order chi connectivity index (χ1) is 10.0. The maximum atomic E-state index is 14.2. The second kappa shape index (κ2) is 7.09. The highest BCUT2D eigenvalue weighted by molar-refractivity contribution is 9.10. The van der Waals surface area contributed by atoms with E-state index in [1.54, 1.807) is 6.20 Å². The lowest BCUT2D eigenvalue weighted by molar-refractivity contribution is 0.501. The third-order valence-electron chi connectivity index (χ3n) is 3.20. The molecule has 0 radical (unpaired) electrons. The largest absolute Gasteiger partial charge is 0.306 e. The van der Waals surface area contributed by atoms with Crippen molar-refractivity contribution < 1.29 is 8.78 Å². The minimum absolute atomic E-state index is 0.0253. The van der Waals surface area contributed by atoms with Gasteiger partial charge < -0.3 is 5.32 Å². The van der Waals surface area contributed by atoms with E-state index in [0.717, 1.165) is 17.7 Å². The zero-order valence-corrected chi connectivity index (χ0v) is 13.5. The van der Waals surface area contributed by atoms with Gasteiger partial charge in [-0.05, 0) is 43.7 Å². The zero-order valence-electron chi connectivity index (χ0n) is 12.0. The number of benzene rings is 1. The number of hydrogen-bond acceptors (Lipinski definition) is 2. The first-order valence-corrected chi connectivity index (χ1v) is 7.62. The van der Waals surface area contributed by atoms with Crippen LogP contribution in [-0.2, 0) is 0 Å². The quantitative estimate of drug-likeness (QED) is 0.853. The molecule has 0 spiro atoms. The predicted molar refractivity (Wildman–Crippen MR) is 83.2 cm³/mol. The molecule has 1 aromatic heterocycles. The van der Waals surface area contributed by atoms with E-state index in [4.69, 9.17) is 0 Å². The summed E-state index contributed by atoms with van der Waals surface area (Å²) in [5.74, 6) is -1.15. The fourth-order valence-corrected chi connectivity index (χ4v) is 2.56. The molecule has 0 aliphatic heterocycles. The van der Waals surface area contributed by atoms with Crippen molar-refractivity contribution in [2.45, 2.75) is 26.3 Å². The summed E-state index contributed by atoms with van der Waals surface area (Å²) < 4.78 is 28.8. The molecule has 0 amide bonds. The highest BCUT2D eigenvalue weighted by Gasteiger charge is 2.22. The number of halogens is 3. The van der Waals surface area contributed by atoms with Gasteiger partial charge in [-0.15, -0.1) is 0 Å². The molecule has 0 saturated heterocycles. The van der Waals surface area contributed by atoms with E-state index < -0.39 is 17.7 Å². The first-order valence-electron chi connectivity index (χ1n) is 6.83. The summed E-state index contributed by atoms with van der Waals surface area (Å²) >= 11 is 3.10. The van der Waals surface area contributed by atoms with Crippen molar-refractivity contribution in [3.8, 4) is 0 Å². The molecule has 1 N–H and O–H groups in total. The molecule has 1 atom stereocenters. The summed E-state index contributed by atoms with van der Waals surface area (Å²) in [6, 6.07) is 5.69. The maximum Gasteiger partial charge on any atom is 0.132 e. The van der Waals surface area contributed by atoms with Gasteiger partial charge in [0.2, 0.25) is 0 Å². The van der Waals surface area contributed by atoms with Crippen LogP contribution in [0.5, 0.6) is 0 Å². The van der Waals surface area contributed by atoms with E-state index in [9.17, 15) is 8.78 Å². The van der Waals surface area contributed by atoms with Crippen LogP contribution in [0, 0.1) is 18.6 Å². The molecule has 0 bridgehead atoms. The molecule has 2 rings (SSSR count). The lowest BCUT2D eigenvalue weighted by atomic mass is 9.98. The van der Waals surface area contributed by atoms with Crippen molar-refractivity contribution in [2.24, 2.45) is 0 Å². The molecule has 21 heavy (non-hydrogen) atoms. The van der Waals surface area contributed by atoms with E-state index in [-0.39, 0.29) is 5.56 Å². The van der Waals surface area contributed by atoms with Crippen LogP contribution >= 0.6 is 15.9 Å². The highest BCUT2D eigenvalue weighted by Crippen LogP contribution is 2.29. The summed E-state index contributed by atoms with van der Waals surface area (Å²) in [7, 11) is 0. The first kappa shape index (κ1) is 16.0. The van der Waals surface area contributed by atoms with E-state index in [0.29, 0.717) is 11.0 Å². The summed E-state index contributed by atoms with van der Waals surface area (Å²) in [4.78, 5) is 4.22. The minimum atomic E-state index is -0.573. The monoisotopic (exact) mass is 354 g/mol. The third kappa shape index (κ3) is 3.86. The predicted octanol–water partition coefficient (Wildman–Crippen LogP) is 4.52. The van der Waals surface area contributed by atoms with Crippen LogP contribution in [0.3, 0.4) is 0 Å². The number of rotatable bonds is 5. The number of pyridine rings is 1. The zero-order chi connectivity index (χ0) is 15.4. The Hall–Kier alpha value is -1.33. The second-order valence-corrected chi connectivity index (χ2v) is 5.82. The molecule has 0 aliphatic rings. The van der Waals surface area contributed by atoms with Crippen LogP contribution in [0.25, 0.3) is 0 Å². The van der Waals surface area contributed by atoms with Gasteiger partial charge >= 0.3 is 0 Å². The van der Waals surface area contributed by atoms with Crippen LogP contribution in [-0.4, -0.2) is 11.5 Å². The van der Waals surface area contributed by atoms with Gasteiger partial charge in [0.15, 0.2) is 0 Å². The van der Waals surface area contributed by atoms with Crippen molar-refractivity contribution in [3.63, 3.8) is 0 Å². The van der Waals surface area contributed by atoms with E-state index in [2.05, 4.69) is 26.2 Å². The Bertz CT molecular complexity index is 591. The van der Waals surface area contributed by atoms with E-state index in [1.807, 2.05) is 26.0 Å². The Kier molecular flexibility index (Phi) is 5.42. The number of aromatic nitrogens is 1. The second-order valence-electron chi connectivity index (χ2n) is 4.90. The average molecular weight is 355 g/mol. The molecule has 2 nitrogen and oxygen atoms in total. The average Bonchev–Trinajstić information content (AvgIpc) is 2.42. The lowest BCUT2D eigenvalue weighted by Crippen LogP contribution is -2.25. The number of nitrogens with zero attached hydrogens (tertiary/aromatic N) is 1. The smallest absolute Gasteiger partial charge is 0.132 e. The topological polar surface area (TPSA) is 24.9 Å². The molecule has 1 aromatic carbocycles. The Labute approximate surface area is 131 Å². The van der Waals surface area contributed by atoms with Crippen LogP contribution in [0.1, 0.15) is 36.2 Å². The Morgan fingerprint density at radius 2 is 1.90 bits per heavy atom. The van der Waals surface area contributed by atoms with Gasteiger partial charge in [-0.1, -0.05) is 28.9 Å². The van der Waals surface area contributed by atoms with E-state index in [1.165, 1.54) is 12.1 Å². The molecular formula is C16H17BrF2N2. The normalized spacial score (nSPS) is 12.4. The molecule has 0 aliphatic carbocycles. The standard InChI is InChI=1S/C16H17BrF2N2/c1-3-6-20-16(11-5-4-10(2)21-9-11)15-13(18)7-12(17)8-14(15)19/h4-5,7-9,16,20H,3,6H2,1-2H3. The van der Waals surface area contributed by atoms with E-state index >= 15 is 0 Å². The highest BCUT2D eigenvalue weighted by atomic mass is 79.9. The van der Waals surface area contributed by atoms with Crippen molar-refractivity contribution in [1.82, 2.24) is 10.3 Å². The molecule has 1 heterocycles. The van der Waals surface area contributed by atoms with Gasteiger partial charge in [0.05, 0.1) is 6.04 Å². The molecule has 1 unspecified atom stereocenters. The molecule has 2 aromatic rings. The van der Waals surface area contributed by atoms with Gasteiger partial charge in [-0.2, -0.15) is 0 Å². The van der Waals surface area contributed by atoms with Gasteiger partial charge in [0.1, 0.15) is 11.6 Å². The number of nitrogens with one attached hydrogen (secondary N) is 1. The van der Waals surface area contributed by atoms with Crippen molar-refractivity contribution in [3.05, 3.63) is 63.4 Å². The van der Waals surface area contributed by atoms with Crippen molar-refractivity contribution >= 4 is 15.9 Å². The fourth-order valence-electron chi connectivity index (χ4n) is 2.15. The molecule has 0 fully saturated rings. The molecule has 0 saturated carbocycles. The summed E-state index contributed by atoms with van der Waals surface area (Å²) in [5.41, 5.74) is 1.64. The van der Waals surface area contributed by atoms with Gasteiger partial charge in [-0.3, -0.25) is 4.98 Å². The van der Waals surface area contributed by atoms with Crippen LogP contribution in [0.2, 0.25) is 0 Å². The van der Waals surface area contributed by atoms with Crippen LogP contribution in [0.4, 0.5) is 8.78 Å². The Balaban J connectivity index is 2.47. The van der Waals surface area contributed by atoms with Crippen molar-refractivity contribution in [2.75, 3.05) is 6.54 Å². The van der Waals surface area contributed by atoms with Gasteiger partial charge in [0.25, 0.3) is 0 Å². The van der Waals surface area contributed by atoms with Crippen LogP contribution < -0.4 is 5.32 Å². The molecular weight excluding hydrogens is 338 g/mol. The summed E-state index contributed by atoms with van der Waals surface area (Å²) in [6.07, 6.45) is 2.53.